The van der Waals surface area contributed by atoms with Gasteiger partial charge in [-0.15, -0.1) is 0 Å². The van der Waals surface area contributed by atoms with Crippen LogP contribution in [0.2, 0.25) is 10.0 Å². The van der Waals surface area contributed by atoms with E-state index in [2.05, 4.69) is 10.2 Å². The Kier molecular flexibility index (Phi) is 6.82. The number of halogens is 2. The van der Waals surface area contributed by atoms with Crippen molar-refractivity contribution >= 4 is 34.9 Å². The van der Waals surface area contributed by atoms with Crippen LogP contribution in [0, 0.1) is 5.92 Å². The van der Waals surface area contributed by atoms with Crippen molar-refractivity contribution in [3.05, 3.63) is 28.2 Å². The van der Waals surface area contributed by atoms with E-state index in [4.69, 9.17) is 27.9 Å². The highest BCUT2D eigenvalue weighted by Gasteiger charge is 2.23. The fourth-order valence-corrected chi connectivity index (χ4v) is 3.69. The second-order valence-corrected chi connectivity index (χ2v) is 7.55. The quantitative estimate of drug-likeness (QED) is 0.852. The molecule has 2 fully saturated rings. The molecule has 2 saturated heterocycles. The van der Waals surface area contributed by atoms with Crippen LogP contribution in [0.5, 0.6) is 0 Å². The molecule has 138 valence electrons. The zero-order chi connectivity index (χ0) is 17.6. The average Bonchev–Trinajstić information content (AvgIpc) is 2.64. The summed E-state index contributed by atoms with van der Waals surface area (Å²) in [6.07, 6.45) is 3.35. The van der Waals surface area contributed by atoms with E-state index in [1.165, 1.54) is 6.42 Å². The lowest BCUT2D eigenvalue weighted by atomic mass is 9.93. The molecule has 0 unspecified atom stereocenters. The van der Waals surface area contributed by atoms with Crippen molar-refractivity contribution in [2.45, 2.75) is 19.3 Å². The van der Waals surface area contributed by atoms with E-state index in [0.717, 1.165) is 58.8 Å². The maximum atomic E-state index is 12.4. The predicted molar refractivity (Wildman–Crippen MR) is 102 cm³/mol. The maximum absolute atomic E-state index is 12.4. The van der Waals surface area contributed by atoms with Gasteiger partial charge in [0.05, 0.1) is 23.3 Å². The first-order valence-electron chi connectivity index (χ1n) is 8.93. The van der Waals surface area contributed by atoms with Gasteiger partial charge in [-0.3, -0.25) is 4.90 Å². The Hall–Kier alpha value is -1.01. The number of anilines is 1. The minimum absolute atomic E-state index is 0.0648. The summed E-state index contributed by atoms with van der Waals surface area (Å²) in [5.74, 6) is 0.705. The molecule has 7 heteroatoms. The Morgan fingerprint density at radius 2 is 1.84 bits per heavy atom. The molecule has 5 nitrogen and oxygen atoms in total. The molecule has 1 aromatic carbocycles. The van der Waals surface area contributed by atoms with Crippen molar-refractivity contribution < 1.29 is 9.53 Å². The van der Waals surface area contributed by atoms with Crippen molar-refractivity contribution in [1.29, 1.82) is 0 Å². The molecule has 2 aliphatic rings. The third kappa shape index (κ3) is 5.48. The van der Waals surface area contributed by atoms with Crippen LogP contribution in [0.15, 0.2) is 18.2 Å². The number of carbonyl (C=O) groups is 1. The molecule has 2 heterocycles. The van der Waals surface area contributed by atoms with Gasteiger partial charge in [0.1, 0.15) is 0 Å². The summed E-state index contributed by atoms with van der Waals surface area (Å²) in [6.45, 7) is 6.56. The second-order valence-electron chi connectivity index (χ2n) is 6.73. The van der Waals surface area contributed by atoms with E-state index >= 15 is 0 Å². The van der Waals surface area contributed by atoms with Crippen molar-refractivity contribution in [2.24, 2.45) is 5.92 Å². The summed E-state index contributed by atoms with van der Waals surface area (Å²) in [5, 5.41) is 3.83. The minimum Gasteiger partial charge on any atom is -0.379 e. The third-order valence-corrected chi connectivity index (χ3v) is 5.77. The lowest BCUT2D eigenvalue weighted by molar-refractivity contribution is 0.0340. The third-order valence-electron chi connectivity index (χ3n) is 5.03. The van der Waals surface area contributed by atoms with Gasteiger partial charge in [-0.05, 0) is 49.9 Å². The van der Waals surface area contributed by atoms with Crippen LogP contribution < -0.4 is 5.32 Å². The molecule has 0 aromatic heterocycles. The smallest absolute Gasteiger partial charge is 0.321 e. The molecule has 1 N–H and O–H groups in total. The van der Waals surface area contributed by atoms with Crippen molar-refractivity contribution in [1.82, 2.24) is 9.80 Å². The molecular weight excluding hydrogens is 361 g/mol. The highest BCUT2D eigenvalue weighted by molar-refractivity contribution is 6.42. The first-order valence-corrected chi connectivity index (χ1v) is 9.68. The number of amides is 2. The van der Waals surface area contributed by atoms with Gasteiger partial charge < -0.3 is 15.0 Å². The van der Waals surface area contributed by atoms with Gasteiger partial charge in [-0.1, -0.05) is 23.2 Å². The number of nitrogens with zero attached hydrogens (tertiary/aromatic N) is 2. The van der Waals surface area contributed by atoms with Gasteiger partial charge in [-0.25, -0.2) is 4.79 Å². The molecule has 0 aliphatic carbocycles. The number of urea groups is 1. The number of hydrogen-bond donors (Lipinski definition) is 1. The number of rotatable bonds is 4. The van der Waals surface area contributed by atoms with E-state index in [1.807, 2.05) is 4.90 Å². The SMILES string of the molecule is O=C(Nc1ccc(Cl)c(Cl)c1)N1CCC(CCN2CCOCC2)CC1. The summed E-state index contributed by atoms with van der Waals surface area (Å²) in [7, 11) is 0. The molecule has 0 spiro atoms. The molecule has 3 rings (SSSR count). The minimum atomic E-state index is -0.0648. The molecule has 0 saturated carbocycles. The Balaban J connectivity index is 1.40. The van der Waals surface area contributed by atoms with Gasteiger partial charge in [-0.2, -0.15) is 0 Å². The second kappa shape index (κ2) is 9.08. The molecule has 0 radical (unpaired) electrons. The normalized spacial score (nSPS) is 19.8. The monoisotopic (exact) mass is 385 g/mol. The number of benzene rings is 1. The standard InChI is InChI=1S/C18H25Cl2N3O2/c19-16-2-1-15(13-17(16)20)21-18(24)23-7-4-14(5-8-23)3-6-22-9-11-25-12-10-22/h1-2,13-14H,3-12H2,(H,21,24). The number of ether oxygens (including phenoxy) is 1. The number of likely N-dealkylation sites (tertiary alicyclic amines) is 1. The Labute approximate surface area is 159 Å². The molecule has 2 amide bonds. The van der Waals surface area contributed by atoms with Crippen LogP contribution in [0.1, 0.15) is 19.3 Å². The molecule has 25 heavy (non-hydrogen) atoms. The number of piperidine rings is 1. The molecule has 0 bridgehead atoms. The fourth-order valence-electron chi connectivity index (χ4n) is 3.39. The summed E-state index contributed by atoms with van der Waals surface area (Å²) in [6, 6.07) is 5.07. The topological polar surface area (TPSA) is 44.8 Å². The highest BCUT2D eigenvalue weighted by Crippen LogP contribution is 2.26. The number of carbonyl (C=O) groups excluding carboxylic acids is 1. The average molecular weight is 386 g/mol. The van der Waals surface area contributed by atoms with Gasteiger partial charge in [0.25, 0.3) is 0 Å². The van der Waals surface area contributed by atoms with Crippen LogP contribution in [0.4, 0.5) is 10.5 Å². The van der Waals surface area contributed by atoms with Crippen molar-refractivity contribution in [3.63, 3.8) is 0 Å². The van der Waals surface area contributed by atoms with E-state index < -0.39 is 0 Å². The van der Waals surface area contributed by atoms with Crippen LogP contribution >= 0.6 is 23.2 Å². The van der Waals surface area contributed by atoms with Gasteiger partial charge in [0.15, 0.2) is 0 Å². The molecule has 2 aliphatic heterocycles. The summed E-state index contributed by atoms with van der Waals surface area (Å²) in [5.41, 5.74) is 0.675. The highest BCUT2D eigenvalue weighted by atomic mass is 35.5. The summed E-state index contributed by atoms with van der Waals surface area (Å²) < 4.78 is 5.39. The fraction of sp³-hybridized carbons (Fsp3) is 0.611. The van der Waals surface area contributed by atoms with Crippen molar-refractivity contribution in [2.75, 3.05) is 51.3 Å². The number of nitrogens with one attached hydrogen (secondary N) is 1. The Morgan fingerprint density at radius 3 is 2.52 bits per heavy atom. The van der Waals surface area contributed by atoms with Crippen molar-refractivity contribution in [3.8, 4) is 0 Å². The number of hydrogen-bond acceptors (Lipinski definition) is 3. The van der Waals surface area contributed by atoms with E-state index in [-0.39, 0.29) is 6.03 Å². The molecule has 1 aromatic rings. The van der Waals surface area contributed by atoms with Crippen LogP contribution in [-0.2, 0) is 4.74 Å². The lowest BCUT2D eigenvalue weighted by Gasteiger charge is -2.34. The van der Waals surface area contributed by atoms with Crippen LogP contribution in [0.3, 0.4) is 0 Å². The Morgan fingerprint density at radius 1 is 1.12 bits per heavy atom. The van der Waals surface area contributed by atoms with E-state index in [0.29, 0.717) is 21.7 Å². The van der Waals surface area contributed by atoms with Gasteiger partial charge >= 0.3 is 6.03 Å². The van der Waals surface area contributed by atoms with E-state index in [1.54, 1.807) is 18.2 Å². The molecular formula is C18H25Cl2N3O2. The Bertz CT molecular complexity index is 586. The van der Waals surface area contributed by atoms with Gasteiger partial charge in [0.2, 0.25) is 0 Å². The van der Waals surface area contributed by atoms with Crippen LogP contribution in [-0.4, -0.2) is 61.8 Å². The molecule has 0 atom stereocenters. The summed E-state index contributed by atoms with van der Waals surface area (Å²) >= 11 is 11.9. The zero-order valence-electron chi connectivity index (χ0n) is 14.3. The van der Waals surface area contributed by atoms with Gasteiger partial charge in [0, 0.05) is 31.9 Å². The first kappa shape index (κ1) is 18.8. The predicted octanol–water partition coefficient (Wildman–Crippen LogP) is 3.96. The largest absolute Gasteiger partial charge is 0.379 e. The van der Waals surface area contributed by atoms with Crippen LogP contribution in [0.25, 0.3) is 0 Å². The summed E-state index contributed by atoms with van der Waals surface area (Å²) in [4.78, 5) is 16.8. The first-order chi connectivity index (χ1) is 12.1. The number of morpholine rings is 1. The maximum Gasteiger partial charge on any atom is 0.321 e. The zero-order valence-corrected chi connectivity index (χ0v) is 15.9. The van der Waals surface area contributed by atoms with E-state index in [9.17, 15) is 4.79 Å². The lowest BCUT2D eigenvalue weighted by Crippen LogP contribution is -2.42.